The Bertz CT molecular complexity index is 922. The Morgan fingerprint density at radius 2 is 2.07 bits per heavy atom. The van der Waals surface area contributed by atoms with Crippen molar-refractivity contribution in [1.82, 2.24) is 30.6 Å². The molecule has 0 fully saturated rings. The molecule has 1 amide bonds. The van der Waals surface area contributed by atoms with Crippen LogP contribution in [0.3, 0.4) is 0 Å². The predicted molar refractivity (Wildman–Crippen MR) is 110 cm³/mol. The summed E-state index contributed by atoms with van der Waals surface area (Å²) in [7, 11) is 1.65. The zero-order valence-corrected chi connectivity index (χ0v) is 16.3. The quantitative estimate of drug-likeness (QED) is 0.512. The molecule has 8 heteroatoms. The molecule has 0 bridgehead atoms. The van der Waals surface area contributed by atoms with Crippen LogP contribution in [0.4, 0.5) is 0 Å². The average Bonchev–Trinajstić information content (AvgIpc) is 3.24. The zero-order valence-electron chi connectivity index (χ0n) is 16.3. The van der Waals surface area contributed by atoms with Crippen LogP contribution in [0.15, 0.2) is 60.9 Å². The number of hydrogen-bond donors (Lipinski definition) is 2. The van der Waals surface area contributed by atoms with E-state index < -0.39 is 0 Å². The number of carbonyl (C=O) groups excluding carboxylic acids is 1. The number of amides is 1. The summed E-state index contributed by atoms with van der Waals surface area (Å²) in [6.07, 6.45) is 7.44. The van der Waals surface area contributed by atoms with E-state index in [1.807, 2.05) is 48.5 Å². The minimum absolute atomic E-state index is 0.266. The number of carbonyl (C=O) groups is 1. The normalized spacial score (nSPS) is 10.9. The van der Waals surface area contributed by atoms with Crippen molar-refractivity contribution >= 4 is 12.0 Å². The second-order valence-electron chi connectivity index (χ2n) is 6.25. The van der Waals surface area contributed by atoms with E-state index in [2.05, 4.69) is 32.0 Å². The molecule has 1 aromatic carbocycles. The molecular weight excluding hydrogens is 368 g/mol. The number of benzene rings is 1. The summed E-state index contributed by atoms with van der Waals surface area (Å²) < 4.78 is 6.79. The third kappa shape index (κ3) is 6.54. The van der Waals surface area contributed by atoms with E-state index in [-0.39, 0.29) is 5.91 Å². The van der Waals surface area contributed by atoms with E-state index in [1.165, 1.54) is 0 Å². The van der Waals surface area contributed by atoms with Crippen LogP contribution in [-0.2, 0) is 13.1 Å². The van der Waals surface area contributed by atoms with Gasteiger partial charge in [-0.15, -0.1) is 5.10 Å². The lowest BCUT2D eigenvalue weighted by molar-refractivity contribution is 0.0945. The van der Waals surface area contributed by atoms with Crippen LogP contribution in [-0.4, -0.2) is 46.1 Å². The lowest BCUT2D eigenvalue weighted by Gasteiger charge is -2.02. The van der Waals surface area contributed by atoms with Gasteiger partial charge in [-0.1, -0.05) is 35.6 Å². The summed E-state index contributed by atoms with van der Waals surface area (Å²) >= 11 is 0. The molecule has 0 unspecified atom stereocenters. The number of aromatic nitrogens is 4. The highest BCUT2D eigenvalue weighted by molar-refractivity contribution is 5.91. The molecule has 0 spiro atoms. The maximum absolute atomic E-state index is 12.1. The molecule has 0 atom stereocenters. The summed E-state index contributed by atoms with van der Waals surface area (Å²) in [5.74, 6) is 0.579. The van der Waals surface area contributed by atoms with Crippen molar-refractivity contribution in [1.29, 1.82) is 0 Å². The Labute approximate surface area is 169 Å². The van der Waals surface area contributed by atoms with Crippen LogP contribution in [0.25, 0.3) is 6.08 Å². The predicted octanol–water partition coefficient (Wildman–Crippen LogP) is 1.91. The average molecular weight is 392 g/mol. The molecule has 3 rings (SSSR count). The summed E-state index contributed by atoms with van der Waals surface area (Å²) in [5, 5.41) is 14.0. The van der Waals surface area contributed by atoms with Gasteiger partial charge in [-0.05, 0) is 29.8 Å². The lowest BCUT2D eigenvalue weighted by atomic mass is 10.2. The minimum atomic E-state index is -0.266. The molecular formula is C21H24N6O2. The second-order valence-corrected chi connectivity index (χ2v) is 6.25. The Balaban J connectivity index is 1.35. The molecule has 0 saturated carbocycles. The smallest absolute Gasteiger partial charge is 0.273 e. The van der Waals surface area contributed by atoms with Crippen LogP contribution in [0.5, 0.6) is 5.75 Å². The van der Waals surface area contributed by atoms with Crippen LogP contribution >= 0.6 is 0 Å². The first-order valence-corrected chi connectivity index (χ1v) is 9.34. The first-order chi connectivity index (χ1) is 14.2. The number of hydrogen-bond acceptors (Lipinski definition) is 6. The Hall–Kier alpha value is -3.52. The largest absolute Gasteiger partial charge is 0.497 e. The number of nitrogens with zero attached hydrogens (tertiary/aromatic N) is 4. The van der Waals surface area contributed by atoms with Gasteiger partial charge in [0.05, 0.1) is 32.1 Å². The van der Waals surface area contributed by atoms with E-state index in [1.54, 1.807) is 24.2 Å². The van der Waals surface area contributed by atoms with Gasteiger partial charge in [-0.25, -0.2) is 0 Å². The number of nitrogens with one attached hydrogen (secondary N) is 2. The second kappa shape index (κ2) is 10.7. The first-order valence-electron chi connectivity index (χ1n) is 9.34. The molecule has 150 valence electrons. The van der Waals surface area contributed by atoms with Crippen molar-refractivity contribution in [2.45, 2.75) is 13.1 Å². The van der Waals surface area contributed by atoms with E-state index in [0.717, 1.165) is 23.6 Å². The van der Waals surface area contributed by atoms with Gasteiger partial charge in [-0.2, -0.15) is 0 Å². The molecule has 8 nitrogen and oxygen atoms in total. The van der Waals surface area contributed by atoms with Crippen molar-refractivity contribution < 1.29 is 9.53 Å². The number of methoxy groups -OCH3 is 1. The maximum Gasteiger partial charge on any atom is 0.273 e. The molecule has 0 aliphatic rings. The van der Waals surface area contributed by atoms with Crippen molar-refractivity contribution in [2.24, 2.45) is 0 Å². The standard InChI is InChI=1S/C21H24N6O2/c1-29-19-9-7-17(8-10-19)5-4-11-22-13-14-27-16-20(25-26-27)21(28)24-15-18-6-2-3-12-23-18/h2-10,12,16,22H,11,13-15H2,1H3,(H,24,28)/b5-4+. The van der Waals surface area contributed by atoms with Gasteiger partial charge in [0.2, 0.25) is 0 Å². The molecule has 29 heavy (non-hydrogen) atoms. The van der Waals surface area contributed by atoms with Gasteiger partial charge in [0.1, 0.15) is 5.75 Å². The zero-order chi connectivity index (χ0) is 20.3. The number of pyridine rings is 1. The van der Waals surface area contributed by atoms with Gasteiger partial charge >= 0.3 is 0 Å². The van der Waals surface area contributed by atoms with Crippen LogP contribution < -0.4 is 15.4 Å². The fourth-order valence-corrected chi connectivity index (χ4v) is 2.56. The summed E-state index contributed by atoms with van der Waals surface area (Å²) in [6.45, 7) is 2.43. The van der Waals surface area contributed by atoms with Crippen LogP contribution in [0.1, 0.15) is 21.7 Å². The monoisotopic (exact) mass is 392 g/mol. The molecule has 3 aromatic rings. The molecule has 2 heterocycles. The highest BCUT2D eigenvalue weighted by Gasteiger charge is 2.10. The molecule has 0 aliphatic heterocycles. The van der Waals surface area contributed by atoms with Gasteiger partial charge in [0.25, 0.3) is 5.91 Å². The Kier molecular flexibility index (Phi) is 7.48. The number of rotatable bonds is 10. The maximum atomic E-state index is 12.1. The number of ether oxygens (including phenoxy) is 1. The third-order valence-corrected chi connectivity index (χ3v) is 4.13. The van der Waals surface area contributed by atoms with Gasteiger partial charge in [0, 0.05) is 19.3 Å². The van der Waals surface area contributed by atoms with Crippen molar-refractivity contribution in [3.63, 3.8) is 0 Å². The SMILES string of the molecule is COc1ccc(/C=C/CNCCn2cc(C(=O)NCc3ccccn3)nn2)cc1. The third-order valence-electron chi connectivity index (χ3n) is 4.13. The lowest BCUT2D eigenvalue weighted by Crippen LogP contribution is -2.23. The molecule has 2 aromatic heterocycles. The van der Waals surface area contributed by atoms with Crippen molar-refractivity contribution in [3.05, 3.63) is 77.9 Å². The summed E-state index contributed by atoms with van der Waals surface area (Å²) in [4.78, 5) is 16.3. The molecule has 2 N–H and O–H groups in total. The molecule has 0 radical (unpaired) electrons. The van der Waals surface area contributed by atoms with Crippen molar-refractivity contribution in [2.75, 3.05) is 20.2 Å². The molecule has 0 saturated heterocycles. The van der Waals surface area contributed by atoms with Crippen molar-refractivity contribution in [3.8, 4) is 5.75 Å². The molecule has 0 aliphatic carbocycles. The fraction of sp³-hybridized carbons (Fsp3) is 0.238. The van der Waals surface area contributed by atoms with Gasteiger partial charge < -0.3 is 15.4 Å². The highest BCUT2D eigenvalue weighted by atomic mass is 16.5. The van der Waals surface area contributed by atoms with E-state index in [4.69, 9.17) is 4.74 Å². The van der Waals surface area contributed by atoms with Crippen LogP contribution in [0, 0.1) is 0 Å². The fourth-order valence-electron chi connectivity index (χ4n) is 2.56. The summed E-state index contributed by atoms with van der Waals surface area (Å²) in [5.41, 5.74) is 2.20. The Morgan fingerprint density at radius 3 is 2.83 bits per heavy atom. The first kappa shape index (κ1) is 20.2. The highest BCUT2D eigenvalue weighted by Crippen LogP contribution is 2.11. The van der Waals surface area contributed by atoms with Gasteiger partial charge in [0.15, 0.2) is 5.69 Å². The van der Waals surface area contributed by atoms with E-state index in [9.17, 15) is 4.79 Å². The van der Waals surface area contributed by atoms with E-state index >= 15 is 0 Å². The van der Waals surface area contributed by atoms with Crippen LogP contribution in [0.2, 0.25) is 0 Å². The Morgan fingerprint density at radius 1 is 1.21 bits per heavy atom. The van der Waals surface area contributed by atoms with Gasteiger partial charge in [-0.3, -0.25) is 14.5 Å². The van der Waals surface area contributed by atoms with E-state index in [0.29, 0.717) is 25.3 Å². The topological polar surface area (TPSA) is 94.0 Å². The minimum Gasteiger partial charge on any atom is -0.497 e. The summed E-state index contributed by atoms with van der Waals surface area (Å²) in [6, 6.07) is 13.4.